The number of aromatic nitrogens is 2. The average molecular weight is 562 g/mol. The number of nitrogens with zero attached hydrogens (tertiary/aromatic N) is 3. The minimum Gasteiger partial charge on any atom is -0.466 e. The molecular weight excluding hydrogens is 533 g/mol. The van der Waals surface area contributed by atoms with E-state index in [2.05, 4.69) is 25.8 Å². The lowest BCUT2D eigenvalue weighted by molar-refractivity contribution is -0.149. The number of halogens is 2. The van der Waals surface area contributed by atoms with E-state index < -0.39 is 0 Å². The van der Waals surface area contributed by atoms with Gasteiger partial charge in [-0.05, 0) is 44.7 Å². The molecule has 1 aromatic carbocycles. The second-order valence-electron chi connectivity index (χ2n) is 7.22. The van der Waals surface area contributed by atoms with E-state index in [-0.39, 0.29) is 35.9 Å². The van der Waals surface area contributed by atoms with Crippen molar-refractivity contribution in [1.82, 2.24) is 20.8 Å². The highest BCUT2D eigenvalue weighted by Crippen LogP contribution is 2.25. The fraction of sp³-hybridized carbons (Fsp3) is 0.524. The number of carbonyl (C=O) groups excluding carboxylic acids is 1. The Morgan fingerprint density at radius 1 is 1.32 bits per heavy atom. The van der Waals surface area contributed by atoms with Gasteiger partial charge in [0.05, 0.1) is 12.5 Å². The molecule has 1 aliphatic carbocycles. The zero-order valence-electron chi connectivity index (χ0n) is 17.8. The van der Waals surface area contributed by atoms with Crippen LogP contribution in [0.25, 0.3) is 11.4 Å². The van der Waals surface area contributed by atoms with Crippen molar-refractivity contribution in [2.24, 2.45) is 10.9 Å². The predicted molar refractivity (Wildman–Crippen MR) is 131 cm³/mol. The third-order valence-corrected chi connectivity index (χ3v) is 5.33. The van der Waals surface area contributed by atoms with Gasteiger partial charge in [-0.2, -0.15) is 4.98 Å². The number of nitrogens with one attached hydrogen (secondary N) is 2. The van der Waals surface area contributed by atoms with Gasteiger partial charge in [0.15, 0.2) is 5.96 Å². The number of guanidine groups is 1. The van der Waals surface area contributed by atoms with Crippen LogP contribution in [0, 0.1) is 5.92 Å². The Labute approximate surface area is 204 Å². The molecule has 170 valence electrons. The third-order valence-electron chi connectivity index (χ3n) is 5.09. The SMILES string of the molecule is CCOC(=O)C1CCC(NC(=NC)NCCc2nc(-c3cccc(Cl)c3)no2)CC1.I. The Bertz CT molecular complexity index is 868. The van der Waals surface area contributed by atoms with Gasteiger partial charge in [0.2, 0.25) is 11.7 Å². The Hall–Kier alpha value is -1.88. The van der Waals surface area contributed by atoms with Gasteiger partial charge in [0, 0.05) is 36.6 Å². The molecule has 8 nitrogen and oxygen atoms in total. The molecule has 0 unspecified atom stereocenters. The molecule has 1 heterocycles. The van der Waals surface area contributed by atoms with Gasteiger partial charge in [-0.3, -0.25) is 9.79 Å². The van der Waals surface area contributed by atoms with E-state index in [1.165, 1.54) is 0 Å². The highest BCUT2D eigenvalue weighted by molar-refractivity contribution is 14.0. The number of carbonyl (C=O) groups is 1. The number of hydrogen-bond donors (Lipinski definition) is 2. The normalized spacial score (nSPS) is 18.7. The molecule has 1 fully saturated rings. The molecule has 0 amide bonds. The van der Waals surface area contributed by atoms with Crippen LogP contribution in [0.2, 0.25) is 5.02 Å². The maximum Gasteiger partial charge on any atom is 0.308 e. The summed E-state index contributed by atoms with van der Waals surface area (Å²) in [7, 11) is 1.74. The monoisotopic (exact) mass is 561 g/mol. The zero-order valence-corrected chi connectivity index (χ0v) is 20.9. The van der Waals surface area contributed by atoms with Crippen molar-refractivity contribution < 1.29 is 14.1 Å². The van der Waals surface area contributed by atoms with Gasteiger partial charge in [0.25, 0.3) is 0 Å². The van der Waals surface area contributed by atoms with Gasteiger partial charge in [0.1, 0.15) is 0 Å². The van der Waals surface area contributed by atoms with E-state index in [0.29, 0.717) is 42.4 Å². The molecule has 0 spiro atoms. The maximum atomic E-state index is 11.9. The van der Waals surface area contributed by atoms with E-state index >= 15 is 0 Å². The number of aliphatic imine (C=N–C) groups is 1. The van der Waals surface area contributed by atoms with Crippen LogP contribution >= 0.6 is 35.6 Å². The second-order valence-corrected chi connectivity index (χ2v) is 7.65. The lowest BCUT2D eigenvalue weighted by atomic mass is 9.86. The highest BCUT2D eigenvalue weighted by atomic mass is 127. The summed E-state index contributed by atoms with van der Waals surface area (Å²) in [6.07, 6.45) is 4.07. The molecular formula is C21H29ClIN5O3. The lowest BCUT2D eigenvalue weighted by Gasteiger charge is -2.29. The van der Waals surface area contributed by atoms with Gasteiger partial charge in [-0.1, -0.05) is 28.9 Å². The van der Waals surface area contributed by atoms with Crippen molar-refractivity contribution in [3.63, 3.8) is 0 Å². The van der Waals surface area contributed by atoms with E-state index in [0.717, 1.165) is 37.2 Å². The van der Waals surface area contributed by atoms with E-state index in [1.54, 1.807) is 19.2 Å². The van der Waals surface area contributed by atoms with Crippen molar-refractivity contribution in [3.8, 4) is 11.4 Å². The first kappa shape index (κ1) is 25.4. The van der Waals surface area contributed by atoms with E-state index in [1.807, 2.05) is 19.1 Å². The van der Waals surface area contributed by atoms with Crippen LogP contribution in [0.5, 0.6) is 0 Å². The smallest absolute Gasteiger partial charge is 0.308 e. The second kappa shape index (κ2) is 12.8. The summed E-state index contributed by atoms with van der Waals surface area (Å²) in [4.78, 5) is 20.6. The summed E-state index contributed by atoms with van der Waals surface area (Å²) >= 11 is 6.01. The zero-order chi connectivity index (χ0) is 21.3. The molecule has 10 heteroatoms. The first-order valence-corrected chi connectivity index (χ1v) is 10.7. The predicted octanol–water partition coefficient (Wildman–Crippen LogP) is 3.84. The molecule has 0 radical (unpaired) electrons. The Kier molecular flexibility index (Phi) is 10.5. The first-order chi connectivity index (χ1) is 14.6. The van der Waals surface area contributed by atoms with Crippen molar-refractivity contribution in [2.45, 2.75) is 45.1 Å². The summed E-state index contributed by atoms with van der Waals surface area (Å²) in [6, 6.07) is 7.64. The Balaban J connectivity index is 0.00000341. The quantitative estimate of drug-likeness (QED) is 0.229. The molecule has 2 N–H and O–H groups in total. The topological polar surface area (TPSA) is 102 Å². The van der Waals surface area contributed by atoms with Crippen LogP contribution in [0.15, 0.2) is 33.8 Å². The van der Waals surface area contributed by atoms with Gasteiger partial charge < -0.3 is 19.9 Å². The first-order valence-electron chi connectivity index (χ1n) is 10.3. The molecule has 2 aromatic rings. The standard InChI is InChI=1S/C21H28ClN5O3.HI/c1-3-29-20(28)14-7-9-17(10-8-14)25-21(23-2)24-12-11-18-26-19(27-30-18)15-5-4-6-16(22)13-15;/h4-6,13-14,17H,3,7-12H2,1-2H3,(H2,23,24,25);1H. The molecule has 0 atom stereocenters. The minimum absolute atomic E-state index is 0. The Morgan fingerprint density at radius 2 is 2.10 bits per heavy atom. The summed E-state index contributed by atoms with van der Waals surface area (Å²) in [6.45, 7) is 2.89. The van der Waals surface area contributed by atoms with Crippen LogP contribution in [0.1, 0.15) is 38.5 Å². The molecule has 0 aliphatic heterocycles. The lowest BCUT2D eigenvalue weighted by Crippen LogP contribution is -2.45. The molecule has 1 aliphatic rings. The summed E-state index contributed by atoms with van der Waals surface area (Å²) in [5.41, 5.74) is 0.821. The van der Waals surface area contributed by atoms with Crippen LogP contribution in [-0.4, -0.2) is 48.3 Å². The summed E-state index contributed by atoms with van der Waals surface area (Å²) < 4.78 is 10.5. The van der Waals surface area contributed by atoms with Gasteiger partial charge in [-0.25, -0.2) is 0 Å². The fourth-order valence-electron chi connectivity index (χ4n) is 3.51. The number of benzene rings is 1. The molecule has 1 aromatic heterocycles. The van der Waals surface area contributed by atoms with Crippen LogP contribution in [0.4, 0.5) is 0 Å². The average Bonchev–Trinajstić information content (AvgIpc) is 3.22. The fourth-order valence-corrected chi connectivity index (χ4v) is 3.70. The molecule has 0 bridgehead atoms. The largest absolute Gasteiger partial charge is 0.466 e. The van der Waals surface area contributed by atoms with Crippen LogP contribution in [0.3, 0.4) is 0 Å². The van der Waals surface area contributed by atoms with E-state index in [9.17, 15) is 4.79 Å². The minimum atomic E-state index is -0.0739. The number of hydrogen-bond acceptors (Lipinski definition) is 6. The van der Waals surface area contributed by atoms with E-state index in [4.69, 9.17) is 20.9 Å². The summed E-state index contributed by atoms with van der Waals surface area (Å²) in [5, 5.41) is 11.4. The number of rotatable bonds is 7. The van der Waals surface area contributed by atoms with Crippen molar-refractivity contribution in [1.29, 1.82) is 0 Å². The van der Waals surface area contributed by atoms with Gasteiger partial charge >= 0.3 is 5.97 Å². The van der Waals surface area contributed by atoms with Crippen LogP contribution in [-0.2, 0) is 16.0 Å². The molecule has 1 saturated carbocycles. The van der Waals surface area contributed by atoms with Crippen LogP contribution < -0.4 is 10.6 Å². The number of ether oxygens (including phenoxy) is 1. The van der Waals surface area contributed by atoms with Crippen molar-refractivity contribution in [3.05, 3.63) is 35.2 Å². The Morgan fingerprint density at radius 3 is 2.77 bits per heavy atom. The summed E-state index contributed by atoms with van der Waals surface area (Å²) in [5.74, 6) is 1.74. The van der Waals surface area contributed by atoms with Gasteiger partial charge in [-0.15, -0.1) is 24.0 Å². The molecule has 0 saturated heterocycles. The maximum absolute atomic E-state index is 11.9. The molecule has 31 heavy (non-hydrogen) atoms. The third kappa shape index (κ3) is 7.64. The van der Waals surface area contributed by atoms with Crippen molar-refractivity contribution in [2.75, 3.05) is 20.2 Å². The molecule has 3 rings (SSSR count). The highest BCUT2D eigenvalue weighted by Gasteiger charge is 2.27. The number of esters is 1. The van der Waals surface area contributed by atoms with Crippen molar-refractivity contribution >= 4 is 47.5 Å².